The fourth-order valence-corrected chi connectivity index (χ4v) is 2.05. The van der Waals surface area contributed by atoms with Gasteiger partial charge >= 0.3 is 0 Å². The van der Waals surface area contributed by atoms with Gasteiger partial charge in [0.05, 0.1) is 10.7 Å². The van der Waals surface area contributed by atoms with E-state index >= 15 is 0 Å². The van der Waals surface area contributed by atoms with Crippen molar-refractivity contribution in [2.75, 3.05) is 23.4 Å². The van der Waals surface area contributed by atoms with Gasteiger partial charge in [0.15, 0.2) is 0 Å². The first kappa shape index (κ1) is 12.0. The maximum atomic E-state index is 5.99. The molecule has 1 N–H and O–H groups in total. The average molecular weight is 250 g/mol. The summed E-state index contributed by atoms with van der Waals surface area (Å²) in [5.41, 5.74) is 0.952. The maximum Gasteiger partial charge on any atom is 0.0652 e. The van der Waals surface area contributed by atoms with E-state index in [1.165, 1.54) is 0 Å². The van der Waals surface area contributed by atoms with Crippen LogP contribution in [0.5, 0.6) is 0 Å². The second-order valence-electron chi connectivity index (χ2n) is 2.75. The van der Waals surface area contributed by atoms with E-state index in [9.17, 15) is 0 Å². The van der Waals surface area contributed by atoms with Crippen LogP contribution in [0.4, 0.5) is 5.69 Å². The van der Waals surface area contributed by atoms with E-state index in [2.05, 4.69) is 12.2 Å². The van der Waals surface area contributed by atoms with Crippen LogP contribution in [0.1, 0.15) is 6.92 Å². The Morgan fingerprint density at radius 3 is 2.79 bits per heavy atom. The van der Waals surface area contributed by atoms with Gasteiger partial charge in [-0.05, 0) is 24.0 Å². The van der Waals surface area contributed by atoms with Gasteiger partial charge in [-0.1, -0.05) is 30.1 Å². The summed E-state index contributed by atoms with van der Waals surface area (Å²) in [4.78, 5) is 0. The lowest BCUT2D eigenvalue weighted by Gasteiger charge is -2.07. The van der Waals surface area contributed by atoms with Crippen molar-refractivity contribution < 1.29 is 0 Å². The lowest BCUT2D eigenvalue weighted by Crippen LogP contribution is -2.04. The first-order chi connectivity index (χ1) is 6.74. The summed E-state index contributed by atoms with van der Waals surface area (Å²) >= 11 is 13.7. The van der Waals surface area contributed by atoms with Crippen LogP contribution in [-0.4, -0.2) is 18.1 Å². The third kappa shape index (κ3) is 3.99. The van der Waals surface area contributed by atoms with Crippen LogP contribution in [-0.2, 0) is 0 Å². The molecule has 0 unspecified atom stereocenters. The SMILES string of the molecule is CCSCCNc1ccc(Cl)cc1Cl. The Labute approximate surface area is 99.2 Å². The molecule has 0 saturated heterocycles. The average Bonchev–Trinajstić information content (AvgIpc) is 2.15. The highest BCUT2D eigenvalue weighted by molar-refractivity contribution is 7.99. The summed E-state index contributed by atoms with van der Waals surface area (Å²) in [7, 11) is 0. The number of benzene rings is 1. The first-order valence-corrected chi connectivity index (χ1v) is 6.41. The molecule has 4 heteroatoms. The highest BCUT2D eigenvalue weighted by atomic mass is 35.5. The Morgan fingerprint density at radius 1 is 1.36 bits per heavy atom. The number of nitrogens with one attached hydrogen (secondary N) is 1. The van der Waals surface area contributed by atoms with Gasteiger partial charge in [0.1, 0.15) is 0 Å². The number of rotatable bonds is 5. The zero-order chi connectivity index (χ0) is 10.4. The predicted molar refractivity (Wildman–Crippen MR) is 68.0 cm³/mol. The van der Waals surface area contributed by atoms with Crippen molar-refractivity contribution in [2.24, 2.45) is 0 Å². The summed E-state index contributed by atoms with van der Waals surface area (Å²) in [6, 6.07) is 5.49. The second-order valence-corrected chi connectivity index (χ2v) is 4.99. The van der Waals surface area contributed by atoms with Crippen molar-refractivity contribution in [3.63, 3.8) is 0 Å². The lowest BCUT2D eigenvalue weighted by atomic mass is 10.3. The second kappa shape index (κ2) is 6.44. The maximum absolute atomic E-state index is 5.99. The molecule has 1 rings (SSSR count). The van der Waals surface area contributed by atoms with Crippen LogP contribution in [0.2, 0.25) is 10.0 Å². The summed E-state index contributed by atoms with van der Waals surface area (Å²) in [5, 5.41) is 4.61. The summed E-state index contributed by atoms with van der Waals surface area (Å²) in [5.74, 6) is 2.24. The molecule has 0 aliphatic heterocycles. The van der Waals surface area contributed by atoms with E-state index in [0.29, 0.717) is 10.0 Å². The topological polar surface area (TPSA) is 12.0 Å². The molecule has 0 aromatic heterocycles. The van der Waals surface area contributed by atoms with Crippen LogP contribution in [0, 0.1) is 0 Å². The Bertz CT molecular complexity index is 291. The van der Waals surface area contributed by atoms with E-state index < -0.39 is 0 Å². The minimum Gasteiger partial charge on any atom is -0.383 e. The summed E-state index contributed by atoms with van der Waals surface area (Å²) in [6.45, 7) is 3.08. The number of thioether (sulfide) groups is 1. The van der Waals surface area contributed by atoms with Gasteiger partial charge < -0.3 is 5.32 Å². The Kier molecular flexibility index (Phi) is 5.53. The van der Waals surface area contributed by atoms with Crippen LogP contribution in [0.25, 0.3) is 0 Å². The number of halogens is 2. The minimum atomic E-state index is 0.670. The molecule has 0 fully saturated rings. The van der Waals surface area contributed by atoms with E-state index in [0.717, 1.165) is 23.7 Å². The molecule has 0 atom stereocenters. The third-order valence-electron chi connectivity index (χ3n) is 1.70. The van der Waals surface area contributed by atoms with Gasteiger partial charge in [-0.3, -0.25) is 0 Å². The van der Waals surface area contributed by atoms with E-state index in [1.807, 2.05) is 23.9 Å². The molecule has 1 nitrogen and oxygen atoms in total. The van der Waals surface area contributed by atoms with Gasteiger partial charge in [0.25, 0.3) is 0 Å². The van der Waals surface area contributed by atoms with Crippen molar-refractivity contribution in [1.29, 1.82) is 0 Å². The molecule has 0 bridgehead atoms. The minimum absolute atomic E-state index is 0.670. The Morgan fingerprint density at radius 2 is 2.14 bits per heavy atom. The van der Waals surface area contributed by atoms with Gasteiger partial charge in [0.2, 0.25) is 0 Å². The van der Waals surface area contributed by atoms with Gasteiger partial charge in [-0.2, -0.15) is 11.8 Å². The highest BCUT2D eigenvalue weighted by Gasteiger charge is 1.99. The van der Waals surface area contributed by atoms with Gasteiger partial charge in [-0.25, -0.2) is 0 Å². The van der Waals surface area contributed by atoms with Crippen LogP contribution in [0.15, 0.2) is 18.2 Å². The van der Waals surface area contributed by atoms with E-state index in [4.69, 9.17) is 23.2 Å². The molecule has 1 aromatic carbocycles. The molecular formula is C10H13Cl2NS. The Hall–Kier alpha value is -0.0500. The van der Waals surface area contributed by atoms with Crippen molar-refractivity contribution in [3.8, 4) is 0 Å². The zero-order valence-corrected chi connectivity index (χ0v) is 10.3. The highest BCUT2D eigenvalue weighted by Crippen LogP contribution is 2.25. The normalized spacial score (nSPS) is 10.2. The number of anilines is 1. The standard InChI is InChI=1S/C10H13Cl2NS/c1-2-14-6-5-13-10-4-3-8(11)7-9(10)12/h3-4,7,13H,2,5-6H2,1H3. The van der Waals surface area contributed by atoms with Crippen molar-refractivity contribution in [3.05, 3.63) is 28.2 Å². The third-order valence-corrected chi connectivity index (χ3v) is 3.15. The molecular weight excluding hydrogens is 237 g/mol. The van der Waals surface area contributed by atoms with Crippen LogP contribution >= 0.6 is 35.0 Å². The Balaban J connectivity index is 2.42. The smallest absolute Gasteiger partial charge is 0.0652 e. The van der Waals surface area contributed by atoms with Crippen LogP contribution in [0.3, 0.4) is 0 Å². The molecule has 0 aliphatic rings. The molecule has 0 heterocycles. The molecule has 0 amide bonds. The first-order valence-electron chi connectivity index (χ1n) is 4.50. The summed E-state index contributed by atoms with van der Waals surface area (Å²) in [6.07, 6.45) is 0. The van der Waals surface area contributed by atoms with Gasteiger partial charge in [0, 0.05) is 17.3 Å². The quantitative estimate of drug-likeness (QED) is 0.787. The fourth-order valence-electron chi connectivity index (χ4n) is 1.04. The largest absolute Gasteiger partial charge is 0.383 e. The van der Waals surface area contributed by atoms with Crippen LogP contribution < -0.4 is 5.32 Å². The fraction of sp³-hybridized carbons (Fsp3) is 0.400. The van der Waals surface area contributed by atoms with E-state index in [1.54, 1.807) is 6.07 Å². The van der Waals surface area contributed by atoms with Crippen molar-refractivity contribution >= 4 is 40.7 Å². The molecule has 0 saturated carbocycles. The number of hydrogen-bond acceptors (Lipinski definition) is 2. The molecule has 78 valence electrons. The number of hydrogen-bond donors (Lipinski definition) is 1. The molecule has 0 aliphatic carbocycles. The monoisotopic (exact) mass is 249 g/mol. The molecule has 14 heavy (non-hydrogen) atoms. The van der Waals surface area contributed by atoms with Gasteiger partial charge in [-0.15, -0.1) is 0 Å². The van der Waals surface area contributed by atoms with E-state index in [-0.39, 0.29) is 0 Å². The lowest BCUT2D eigenvalue weighted by molar-refractivity contribution is 1.23. The zero-order valence-electron chi connectivity index (χ0n) is 8.02. The molecule has 0 spiro atoms. The summed E-state index contributed by atoms with van der Waals surface area (Å²) < 4.78 is 0. The molecule has 1 aromatic rings. The molecule has 0 radical (unpaired) electrons. The predicted octanol–water partition coefficient (Wildman–Crippen LogP) is 4.16. The van der Waals surface area contributed by atoms with Crippen molar-refractivity contribution in [1.82, 2.24) is 0 Å². The van der Waals surface area contributed by atoms with Crippen molar-refractivity contribution in [2.45, 2.75) is 6.92 Å².